The van der Waals surface area contributed by atoms with Crippen LogP contribution in [0, 0.1) is 0 Å². The first kappa shape index (κ1) is 10.8. The van der Waals surface area contributed by atoms with Gasteiger partial charge in [0.1, 0.15) is 0 Å². The summed E-state index contributed by atoms with van der Waals surface area (Å²) in [5.74, 6) is 2.08. The predicted molar refractivity (Wildman–Crippen MR) is 49.7 cm³/mol. The van der Waals surface area contributed by atoms with Crippen molar-refractivity contribution in [3.05, 3.63) is 0 Å². The maximum absolute atomic E-state index is 10.7. The van der Waals surface area contributed by atoms with E-state index in [1.807, 2.05) is 0 Å². The second-order valence-corrected chi connectivity index (χ2v) is 3.40. The molecule has 4 heteroatoms. The highest BCUT2D eigenvalue weighted by molar-refractivity contribution is 7.99. The Morgan fingerprint density at radius 1 is 1.55 bits per heavy atom. The molecule has 0 unspecified atom stereocenters. The number of hydrogen-bond donors (Lipinski definition) is 2. The van der Waals surface area contributed by atoms with E-state index >= 15 is 0 Å². The minimum atomic E-state index is 0.116. The number of rotatable bonds is 6. The van der Waals surface area contributed by atoms with Gasteiger partial charge in [-0.1, -0.05) is 0 Å². The van der Waals surface area contributed by atoms with E-state index in [1.54, 1.807) is 18.8 Å². The van der Waals surface area contributed by atoms with Gasteiger partial charge in [-0.15, -0.1) is 0 Å². The van der Waals surface area contributed by atoms with Crippen molar-refractivity contribution in [2.75, 3.05) is 25.1 Å². The Hall–Kier alpha value is -0.220. The molecule has 0 spiro atoms. The van der Waals surface area contributed by atoms with Crippen LogP contribution in [0.4, 0.5) is 0 Å². The molecule has 0 aromatic heterocycles. The third kappa shape index (κ3) is 7.68. The molecule has 0 aromatic carbocycles. The summed E-state index contributed by atoms with van der Waals surface area (Å²) < 4.78 is 0. The zero-order valence-corrected chi connectivity index (χ0v) is 7.75. The van der Waals surface area contributed by atoms with Crippen LogP contribution in [-0.4, -0.2) is 31.0 Å². The van der Waals surface area contributed by atoms with E-state index in [0.29, 0.717) is 6.42 Å². The summed E-state index contributed by atoms with van der Waals surface area (Å²) in [5.41, 5.74) is 5.30. The van der Waals surface area contributed by atoms with Crippen molar-refractivity contribution in [3.63, 3.8) is 0 Å². The fraction of sp³-hybridized carbons (Fsp3) is 0.857. The van der Waals surface area contributed by atoms with Crippen LogP contribution in [0.2, 0.25) is 0 Å². The smallest absolute Gasteiger partial charge is 0.220 e. The molecule has 0 fully saturated rings. The Morgan fingerprint density at radius 3 is 2.82 bits per heavy atom. The summed E-state index contributed by atoms with van der Waals surface area (Å²) in [6.07, 6.45) is 1.66. The fourth-order valence-electron chi connectivity index (χ4n) is 0.577. The summed E-state index contributed by atoms with van der Waals surface area (Å²) in [6.45, 7) is 0.743. The summed E-state index contributed by atoms with van der Waals surface area (Å²) in [7, 11) is 1.66. The maximum Gasteiger partial charge on any atom is 0.220 e. The molecule has 0 saturated carbocycles. The molecule has 1 amide bonds. The zero-order valence-electron chi connectivity index (χ0n) is 6.93. The molecule has 3 nitrogen and oxygen atoms in total. The Kier molecular flexibility index (Phi) is 7.72. The Labute approximate surface area is 72.1 Å². The van der Waals surface area contributed by atoms with Crippen LogP contribution in [-0.2, 0) is 4.79 Å². The summed E-state index contributed by atoms with van der Waals surface area (Å²) >= 11 is 1.78. The molecule has 0 saturated heterocycles. The number of amides is 1. The van der Waals surface area contributed by atoms with Gasteiger partial charge in [-0.3, -0.25) is 4.79 Å². The highest BCUT2D eigenvalue weighted by Gasteiger charge is 1.96. The minimum Gasteiger partial charge on any atom is -0.359 e. The third-order valence-corrected chi connectivity index (χ3v) is 2.32. The van der Waals surface area contributed by atoms with E-state index in [1.165, 1.54) is 0 Å². The fourth-order valence-corrected chi connectivity index (χ4v) is 1.48. The van der Waals surface area contributed by atoms with Crippen LogP contribution in [0.5, 0.6) is 0 Å². The van der Waals surface area contributed by atoms with Crippen LogP contribution in [0.15, 0.2) is 0 Å². The zero-order chi connectivity index (χ0) is 8.53. The highest BCUT2D eigenvalue weighted by atomic mass is 32.2. The van der Waals surface area contributed by atoms with Crippen molar-refractivity contribution in [1.29, 1.82) is 0 Å². The standard InChI is InChI=1S/C7H16N2OS/c1-9-7(10)3-6-11-5-2-4-8/h2-6,8H2,1H3,(H,9,10). The molecule has 0 aliphatic carbocycles. The van der Waals surface area contributed by atoms with Gasteiger partial charge >= 0.3 is 0 Å². The molecule has 0 atom stereocenters. The van der Waals surface area contributed by atoms with E-state index < -0.39 is 0 Å². The molecule has 66 valence electrons. The Bertz CT molecular complexity index is 109. The van der Waals surface area contributed by atoms with Gasteiger partial charge in [-0.05, 0) is 18.7 Å². The SMILES string of the molecule is CNC(=O)CCSCCCN. The first-order valence-corrected chi connectivity index (χ1v) is 4.95. The lowest BCUT2D eigenvalue weighted by Gasteiger charge is -1.99. The van der Waals surface area contributed by atoms with Crippen LogP contribution >= 0.6 is 11.8 Å². The van der Waals surface area contributed by atoms with Crippen LogP contribution in [0.1, 0.15) is 12.8 Å². The Balaban J connectivity index is 2.95. The average molecular weight is 176 g/mol. The van der Waals surface area contributed by atoms with Crippen molar-refractivity contribution in [3.8, 4) is 0 Å². The van der Waals surface area contributed by atoms with Gasteiger partial charge in [0.15, 0.2) is 0 Å². The molecule has 11 heavy (non-hydrogen) atoms. The molecule has 0 aliphatic heterocycles. The van der Waals surface area contributed by atoms with Gasteiger partial charge < -0.3 is 11.1 Å². The number of carbonyl (C=O) groups is 1. The van der Waals surface area contributed by atoms with Gasteiger partial charge in [0, 0.05) is 19.2 Å². The first-order valence-electron chi connectivity index (χ1n) is 3.79. The second-order valence-electron chi connectivity index (χ2n) is 2.18. The lowest BCUT2D eigenvalue weighted by Crippen LogP contribution is -2.17. The van der Waals surface area contributed by atoms with Crippen molar-refractivity contribution in [1.82, 2.24) is 5.32 Å². The van der Waals surface area contributed by atoms with Crippen molar-refractivity contribution < 1.29 is 4.79 Å². The molecule has 0 bridgehead atoms. The van der Waals surface area contributed by atoms with Gasteiger partial charge in [0.2, 0.25) is 5.91 Å². The minimum absolute atomic E-state index is 0.116. The van der Waals surface area contributed by atoms with Gasteiger partial charge in [-0.2, -0.15) is 11.8 Å². The number of nitrogens with two attached hydrogens (primary N) is 1. The van der Waals surface area contributed by atoms with E-state index in [0.717, 1.165) is 24.5 Å². The predicted octanol–water partition coefficient (Wildman–Crippen LogP) is 0.205. The van der Waals surface area contributed by atoms with Gasteiger partial charge in [0.05, 0.1) is 0 Å². The van der Waals surface area contributed by atoms with Crippen LogP contribution in [0.3, 0.4) is 0 Å². The maximum atomic E-state index is 10.7. The number of thioether (sulfide) groups is 1. The largest absolute Gasteiger partial charge is 0.359 e. The van der Waals surface area contributed by atoms with E-state index in [2.05, 4.69) is 5.32 Å². The molecule has 0 rings (SSSR count). The third-order valence-electron chi connectivity index (χ3n) is 1.25. The monoisotopic (exact) mass is 176 g/mol. The molecule has 0 radical (unpaired) electrons. The highest BCUT2D eigenvalue weighted by Crippen LogP contribution is 2.03. The van der Waals surface area contributed by atoms with E-state index in [4.69, 9.17) is 5.73 Å². The van der Waals surface area contributed by atoms with Crippen LogP contribution in [0.25, 0.3) is 0 Å². The number of hydrogen-bond acceptors (Lipinski definition) is 3. The van der Waals surface area contributed by atoms with E-state index in [-0.39, 0.29) is 5.91 Å². The number of carbonyl (C=O) groups excluding carboxylic acids is 1. The normalized spacial score (nSPS) is 9.64. The van der Waals surface area contributed by atoms with Crippen molar-refractivity contribution in [2.24, 2.45) is 5.73 Å². The quantitative estimate of drug-likeness (QED) is 0.569. The summed E-state index contributed by atoms with van der Waals surface area (Å²) in [5, 5.41) is 2.58. The lowest BCUT2D eigenvalue weighted by molar-refractivity contribution is -0.120. The van der Waals surface area contributed by atoms with Crippen LogP contribution < -0.4 is 11.1 Å². The molecule has 0 heterocycles. The summed E-state index contributed by atoms with van der Waals surface area (Å²) in [4.78, 5) is 10.7. The first-order chi connectivity index (χ1) is 5.31. The lowest BCUT2D eigenvalue weighted by atomic mass is 10.5. The molecular formula is C7H16N2OS. The van der Waals surface area contributed by atoms with Crippen molar-refractivity contribution in [2.45, 2.75) is 12.8 Å². The molecule has 0 aliphatic rings. The summed E-state index contributed by atoms with van der Waals surface area (Å²) in [6, 6.07) is 0. The molecule has 3 N–H and O–H groups in total. The second kappa shape index (κ2) is 7.88. The molecular weight excluding hydrogens is 160 g/mol. The van der Waals surface area contributed by atoms with E-state index in [9.17, 15) is 4.79 Å². The Morgan fingerprint density at radius 2 is 2.27 bits per heavy atom. The van der Waals surface area contributed by atoms with Gasteiger partial charge in [0.25, 0.3) is 0 Å². The topological polar surface area (TPSA) is 55.1 Å². The average Bonchev–Trinajstić information content (AvgIpc) is 2.04. The van der Waals surface area contributed by atoms with Gasteiger partial charge in [-0.25, -0.2) is 0 Å². The van der Waals surface area contributed by atoms with Crippen molar-refractivity contribution >= 4 is 17.7 Å². The number of nitrogens with one attached hydrogen (secondary N) is 1. The molecule has 0 aromatic rings.